The van der Waals surface area contributed by atoms with Crippen molar-refractivity contribution in [3.05, 3.63) is 0 Å². The predicted octanol–water partition coefficient (Wildman–Crippen LogP) is 1.88. The number of nitrogens with zero attached hydrogens (tertiary/aromatic N) is 1. The van der Waals surface area contributed by atoms with Gasteiger partial charge in [-0.1, -0.05) is 19.8 Å². The van der Waals surface area contributed by atoms with E-state index in [2.05, 4.69) is 17.1 Å². The van der Waals surface area contributed by atoms with E-state index in [4.69, 9.17) is 0 Å². The van der Waals surface area contributed by atoms with Crippen molar-refractivity contribution in [1.82, 2.24) is 10.2 Å². The molecule has 0 aromatic rings. The summed E-state index contributed by atoms with van der Waals surface area (Å²) < 4.78 is 0. The number of carbonyl (C=O) groups excluding carboxylic acids is 1. The van der Waals surface area contributed by atoms with Crippen molar-refractivity contribution in [3.63, 3.8) is 0 Å². The molecule has 2 unspecified atom stereocenters. The molecule has 1 spiro atoms. The van der Waals surface area contributed by atoms with Crippen LogP contribution in [0.3, 0.4) is 0 Å². The van der Waals surface area contributed by atoms with E-state index in [9.17, 15) is 4.79 Å². The van der Waals surface area contributed by atoms with E-state index in [0.717, 1.165) is 25.4 Å². The standard InChI is InChI=1S/C13H22N2O/c1-10-4-5-11(8-10)15-9-14-13(12(15)16)6-2-3-7-13/h10-11,14H,2-9H2,1H3. The molecule has 1 N–H and O–H groups in total. The molecular formula is C13H22N2O. The zero-order chi connectivity index (χ0) is 11.2. The molecule has 1 heterocycles. The summed E-state index contributed by atoms with van der Waals surface area (Å²) in [5, 5.41) is 3.50. The van der Waals surface area contributed by atoms with Crippen LogP contribution in [0.25, 0.3) is 0 Å². The molecule has 3 fully saturated rings. The van der Waals surface area contributed by atoms with Crippen molar-refractivity contribution in [2.75, 3.05) is 6.67 Å². The molecule has 16 heavy (non-hydrogen) atoms. The lowest BCUT2D eigenvalue weighted by Crippen LogP contribution is -2.45. The number of amides is 1. The quantitative estimate of drug-likeness (QED) is 0.734. The van der Waals surface area contributed by atoms with Gasteiger partial charge >= 0.3 is 0 Å². The Morgan fingerprint density at radius 2 is 2.06 bits per heavy atom. The molecular weight excluding hydrogens is 200 g/mol. The Labute approximate surface area is 97.6 Å². The summed E-state index contributed by atoms with van der Waals surface area (Å²) in [6.07, 6.45) is 8.27. The van der Waals surface area contributed by atoms with Crippen LogP contribution in [0.2, 0.25) is 0 Å². The van der Waals surface area contributed by atoms with Gasteiger partial charge in [-0.2, -0.15) is 0 Å². The van der Waals surface area contributed by atoms with Crippen molar-refractivity contribution in [2.24, 2.45) is 5.92 Å². The lowest BCUT2D eigenvalue weighted by atomic mass is 9.97. The van der Waals surface area contributed by atoms with E-state index in [1.807, 2.05) is 0 Å². The summed E-state index contributed by atoms with van der Waals surface area (Å²) in [5.74, 6) is 1.21. The molecule has 0 aromatic carbocycles. The van der Waals surface area contributed by atoms with Gasteiger partial charge in [0.15, 0.2) is 0 Å². The van der Waals surface area contributed by atoms with E-state index in [1.54, 1.807) is 0 Å². The maximum atomic E-state index is 12.5. The van der Waals surface area contributed by atoms with E-state index in [-0.39, 0.29) is 5.54 Å². The van der Waals surface area contributed by atoms with Gasteiger partial charge in [0.1, 0.15) is 0 Å². The van der Waals surface area contributed by atoms with Crippen LogP contribution >= 0.6 is 0 Å². The molecule has 3 rings (SSSR count). The minimum atomic E-state index is -0.147. The fraction of sp³-hybridized carbons (Fsp3) is 0.923. The molecule has 0 bridgehead atoms. The Kier molecular flexibility index (Phi) is 2.46. The van der Waals surface area contributed by atoms with Gasteiger partial charge < -0.3 is 4.90 Å². The van der Waals surface area contributed by atoms with Gasteiger partial charge in [0, 0.05) is 6.04 Å². The molecule has 2 atom stereocenters. The molecule has 90 valence electrons. The number of carbonyl (C=O) groups is 1. The van der Waals surface area contributed by atoms with Gasteiger partial charge in [0.05, 0.1) is 12.2 Å². The number of hydrogen-bond acceptors (Lipinski definition) is 2. The van der Waals surface area contributed by atoms with Crippen molar-refractivity contribution >= 4 is 5.91 Å². The maximum absolute atomic E-state index is 12.5. The molecule has 2 saturated carbocycles. The second-order valence-electron chi connectivity index (χ2n) is 5.97. The zero-order valence-corrected chi connectivity index (χ0v) is 10.2. The minimum Gasteiger partial charge on any atom is -0.325 e. The van der Waals surface area contributed by atoms with Gasteiger partial charge in [-0.25, -0.2) is 0 Å². The Bertz CT molecular complexity index is 296. The second-order valence-corrected chi connectivity index (χ2v) is 5.97. The topological polar surface area (TPSA) is 32.3 Å². The molecule has 1 amide bonds. The summed E-state index contributed by atoms with van der Waals surface area (Å²) >= 11 is 0. The maximum Gasteiger partial charge on any atom is 0.244 e. The first-order chi connectivity index (χ1) is 7.71. The largest absolute Gasteiger partial charge is 0.325 e. The molecule has 1 aliphatic heterocycles. The van der Waals surface area contributed by atoms with E-state index < -0.39 is 0 Å². The Balaban J connectivity index is 1.72. The first-order valence-electron chi connectivity index (χ1n) is 6.77. The summed E-state index contributed by atoms with van der Waals surface area (Å²) in [7, 11) is 0. The average Bonchev–Trinajstić information content (AvgIpc) is 2.94. The molecule has 3 aliphatic rings. The van der Waals surface area contributed by atoms with Gasteiger partial charge in [0.25, 0.3) is 0 Å². The highest BCUT2D eigenvalue weighted by Gasteiger charge is 2.50. The minimum absolute atomic E-state index is 0.147. The summed E-state index contributed by atoms with van der Waals surface area (Å²) in [5.41, 5.74) is -0.147. The predicted molar refractivity (Wildman–Crippen MR) is 62.9 cm³/mol. The fourth-order valence-corrected chi connectivity index (χ4v) is 3.78. The number of hydrogen-bond donors (Lipinski definition) is 1. The second kappa shape index (κ2) is 3.73. The van der Waals surface area contributed by atoms with Gasteiger partial charge in [-0.15, -0.1) is 0 Å². The smallest absolute Gasteiger partial charge is 0.244 e. The van der Waals surface area contributed by atoms with Gasteiger partial charge in [-0.3, -0.25) is 10.1 Å². The third kappa shape index (κ3) is 1.48. The first-order valence-corrected chi connectivity index (χ1v) is 6.77. The van der Waals surface area contributed by atoms with Crippen molar-refractivity contribution < 1.29 is 4.79 Å². The molecule has 0 aromatic heterocycles. The first kappa shape index (κ1) is 10.6. The van der Waals surface area contributed by atoms with Crippen LogP contribution in [0.5, 0.6) is 0 Å². The molecule has 2 aliphatic carbocycles. The van der Waals surface area contributed by atoms with Gasteiger partial charge in [-0.05, 0) is 38.0 Å². The van der Waals surface area contributed by atoms with Crippen LogP contribution in [0.4, 0.5) is 0 Å². The molecule has 0 radical (unpaired) electrons. The highest BCUT2D eigenvalue weighted by molar-refractivity contribution is 5.89. The fourth-order valence-electron chi connectivity index (χ4n) is 3.78. The van der Waals surface area contributed by atoms with Crippen LogP contribution in [0, 0.1) is 5.92 Å². The normalized spacial score (nSPS) is 37.8. The lowest BCUT2D eigenvalue weighted by Gasteiger charge is -2.26. The number of nitrogens with one attached hydrogen (secondary N) is 1. The SMILES string of the molecule is CC1CCC(N2CNC3(CCCC3)C2=O)C1. The van der Waals surface area contributed by atoms with Crippen molar-refractivity contribution in [1.29, 1.82) is 0 Å². The molecule has 1 saturated heterocycles. The number of rotatable bonds is 1. The summed E-state index contributed by atoms with van der Waals surface area (Å²) in [6.45, 7) is 3.11. The lowest BCUT2D eigenvalue weighted by molar-refractivity contribution is -0.134. The Morgan fingerprint density at radius 1 is 1.31 bits per heavy atom. The van der Waals surface area contributed by atoms with E-state index in [1.165, 1.54) is 32.1 Å². The van der Waals surface area contributed by atoms with Crippen LogP contribution in [-0.2, 0) is 4.79 Å². The highest BCUT2D eigenvalue weighted by Crippen LogP contribution is 2.38. The van der Waals surface area contributed by atoms with Crippen molar-refractivity contribution in [2.45, 2.75) is 63.5 Å². The highest BCUT2D eigenvalue weighted by atomic mass is 16.2. The van der Waals surface area contributed by atoms with E-state index >= 15 is 0 Å². The monoisotopic (exact) mass is 222 g/mol. The summed E-state index contributed by atoms with van der Waals surface area (Å²) in [6, 6.07) is 0.523. The average molecular weight is 222 g/mol. The summed E-state index contributed by atoms with van der Waals surface area (Å²) in [4.78, 5) is 14.6. The Morgan fingerprint density at radius 3 is 2.69 bits per heavy atom. The third-order valence-corrected chi connectivity index (χ3v) is 4.82. The zero-order valence-electron chi connectivity index (χ0n) is 10.2. The molecule has 3 heteroatoms. The van der Waals surface area contributed by atoms with Crippen LogP contribution in [0.15, 0.2) is 0 Å². The third-order valence-electron chi connectivity index (χ3n) is 4.82. The van der Waals surface area contributed by atoms with Crippen LogP contribution < -0.4 is 5.32 Å². The van der Waals surface area contributed by atoms with Crippen LogP contribution in [0.1, 0.15) is 51.9 Å². The Hall–Kier alpha value is -0.570. The van der Waals surface area contributed by atoms with Crippen molar-refractivity contribution in [3.8, 4) is 0 Å². The van der Waals surface area contributed by atoms with Gasteiger partial charge in [0.2, 0.25) is 5.91 Å². The van der Waals surface area contributed by atoms with E-state index in [0.29, 0.717) is 11.9 Å². The molecule has 3 nitrogen and oxygen atoms in total. The van der Waals surface area contributed by atoms with Crippen LogP contribution in [-0.4, -0.2) is 29.1 Å².